The van der Waals surface area contributed by atoms with Crippen LogP contribution in [0.25, 0.3) is 0 Å². The van der Waals surface area contributed by atoms with Crippen molar-refractivity contribution in [2.75, 3.05) is 0 Å². The van der Waals surface area contributed by atoms with E-state index < -0.39 is 11.7 Å². The lowest BCUT2D eigenvalue weighted by molar-refractivity contribution is 0.0508. The molecular formula is C14H21N3O3. The molecule has 0 heterocycles. The summed E-state index contributed by atoms with van der Waals surface area (Å²) in [5.74, 6) is 0. The summed E-state index contributed by atoms with van der Waals surface area (Å²) >= 11 is 0. The van der Waals surface area contributed by atoms with Gasteiger partial charge in [0.05, 0.1) is 12.3 Å². The monoisotopic (exact) mass is 279 g/mol. The summed E-state index contributed by atoms with van der Waals surface area (Å²) in [5, 5.41) is 14.6. The van der Waals surface area contributed by atoms with Crippen molar-refractivity contribution in [2.45, 2.75) is 39.3 Å². The molecule has 0 spiro atoms. The third kappa shape index (κ3) is 5.71. The Bertz CT molecular complexity index is 464. The van der Waals surface area contributed by atoms with Gasteiger partial charge in [-0.05, 0) is 38.8 Å². The second kappa shape index (κ2) is 6.91. The molecule has 0 aromatic heterocycles. The van der Waals surface area contributed by atoms with Crippen LogP contribution in [-0.4, -0.2) is 23.1 Å². The summed E-state index contributed by atoms with van der Waals surface area (Å²) in [4.78, 5) is 11.7. The van der Waals surface area contributed by atoms with Crippen molar-refractivity contribution in [1.82, 2.24) is 10.9 Å². The van der Waals surface area contributed by atoms with E-state index in [1.54, 1.807) is 5.59 Å². The van der Waals surface area contributed by atoms with Crippen LogP contribution < -0.4 is 10.9 Å². The molecule has 20 heavy (non-hydrogen) atoms. The Kier molecular flexibility index (Phi) is 5.52. The zero-order chi connectivity index (χ0) is 15.2. The first-order valence-electron chi connectivity index (χ1n) is 6.33. The smallest absolute Gasteiger partial charge is 0.408 e. The van der Waals surface area contributed by atoms with Crippen molar-refractivity contribution in [2.24, 2.45) is 5.10 Å². The largest absolute Gasteiger partial charge is 0.444 e. The molecule has 6 nitrogen and oxygen atoms in total. The quantitative estimate of drug-likeness (QED) is 0.584. The minimum Gasteiger partial charge on any atom is -0.444 e. The molecule has 6 heteroatoms. The number of hydrogen-bond donors (Lipinski definition) is 3. The van der Waals surface area contributed by atoms with Gasteiger partial charge in [-0.2, -0.15) is 10.7 Å². The maximum absolute atomic E-state index is 11.7. The number of carbonyl (C=O) groups is 1. The van der Waals surface area contributed by atoms with Crippen molar-refractivity contribution in [3.8, 4) is 0 Å². The minimum absolute atomic E-state index is 0.160. The number of nitrogens with one attached hydrogen (secondary N) is 2. The van der Waals surface area contributed by atoms with Crippen LogP contribution in [-0.2, 0) is 4.74 Å². The van der Waals surface area contributed by atoms with Crippen LogP contribution in [0.4, 0.5) is 4.79 Å². The molecule has 1 aromatic rings. The van der Waals surface area contributed by atoms with E-state index in [4.69, 9.17) is 9.94 Å². The number of rotatable bonds is 4. The van der Waals surface area contributed by atoms with E-state index in [0.29, 0.717) is 0 Å². The van der Waals surface area contributed by atoms with Gasteiger partial charge >= 0.3 is 6.09 Å². The standard InChI is InChI=1S/C14H21N3O3/c1-10(16-13(18)20-14(2,3)4)12-7-5-11(6-8-12)9-15-17-19/h5-10,17,19H,1-4H3,(H,16,18)/b15-9-/t10-/m1/s1. The Morgan fingerprint density at radius 1 is 1.35 bits per heavy atom. The fourth-order valence-electron chi connectivity index (χ4n) is 1.54. The molecule has 0 bridgehead atoms. The van der Waals surface area contributed by atoms with Crippen molar-refractivity contribution in [1.29, 1.82) is 0 Å². The summed E-state index contributed by atoms with van der Waals surface area (Å²) in [6, 6.07) is 7.26. The predicted octanol–water partition coefficient (Wildman–Crippen LogP) is 2.58. The topological polar surface area (TPSA) is 83.0 Å². The molecule has 0 saturated heterocycles. The van der Waals surface area contributed by atoms with E-state index in [9.17, 15) is 4.79 Å². The van der Waals surface area contributed by atoms with Crippen molar-refractivity contribution < 1.29 is 14.7 Å². The number of benzene rings is 1. The molecule has 110 valence electrons. The van der Waals surface area contributed by atoms with Crippen LogP contribution in [0.1, 0.15) is 44.9 Å². The van der Waals surface area contributed by atoms with Gasteiger partial charge in [0.25, 0.3) is 0 Å². The van der Waals surface area contributed by atoms with Crippen LogP contribution in [0.15, 0.2) is 29.4 Å². The Labute approximate surface area is 118 Å². The molecule has 1 rings (SSSR count). The number of nitrogens with zero attached hydrogens (tertiary/aromatic N) is 1. The second-order valence-corrected chi connectivity index (χ2v) is 5.39. The van der Waals surface area contributed by atoms with E-state index in [2.05, 4.69) is 10.4 Å². The average Bonchev–Trinajstić information content (AvgIpc) is 2.34. The van der Waals surface area contributed by atoms with Crippen LogP contribution in [0.3, 0.4) is 0 Å². The summed E-state index contributed by atoms with van der Waals surface area (Å²) in [6.07, 6.45) is 1.04. The molecule has 0 aliphatic heterocycles. The highest BCUT2D eigenvalue weighted by molar-refractivity contribution is 5.79. The average molecular weight is 279 g/mol. The van der Waals surface area contributed by atoms with E-state index >= 15 is 0 Å². The minimum atomic E-state index is -0.512. The van der Waals surface area contributed by atoms with Gasteiger partial charge in [0.2, 0.25) is 0 Å². The summed E-state index contributed by atoms with van der Waals surface area (Å²) in [5.41, 5.74) is 2.97. The van der Waals surface area contributed by atoms with Gasteiger partial charge in [0, 0.05) is 0 Å². The molecule has 0 radical (unpaired) electrons. The van der Waals surface area contributed by atoms with Gasteiger partial charge in [0.1, 0.15) is 5.60 Å². The number of amides is 1. The molecule has 0 unspecified atom stereocenters. The zero-order valence-electron chi connectivity index (χ0n) is 12.2. The van der Waals surface area contributed by atoms with E-state index in [1.165, 1.54) is 6.21 Å². The van der Waals surface area contributed by atoms with Gasteiger partial charge in [-0.1, -0.05) is 24.3 Å². The third-order valence-electron chi connectivity index (χ3n) is 2.44. The lowest BCUT2D eigenvalue weighted by Gasteiger charge is -2.22. The van der Waals surface area contributed by atoms with Crippen LogP contribution in [0, 0.1) is 0 Å². The van der Waals surface area contributed by atoms with E-state index in [0.717, 1.165) is 11.1 Å². The first-order valence-corrected chi connectivity index (χ1v) is 6.33. The zero-order valence-corrected chi connectivity index (χ0v) is 12.2. The van der Waals surface area contributed by atoms with Crippen LogP contribution in [0.2, 0.25) is 0 Å². The number of alkyl carbamates (subject to hydrolysis) is 1. The SMILES string of the molecule is C[C@@H](NC(=O)OC(C)(C)C)c1ccc(/C=N\NO)cc1. The Morgan fingerprint density at radius 3 is 2.45 bits per heavy atom. The van der Waals surface area contributed by atoms with Gasteiger partial charge in [-0.25, -0.2) is 4.79 Å². The Morgan fingerprint density at radius 2 is 1.95 bits per heavy atom. The summed E-state index contributed by atoms with van der Waals surface area (Å²) in [6.45, 7) is 7.34. The molecule has 1 amide bonds. The van der Waals surface area contributed by atoms with Crippen LogP contribution >= 0.6 is 0 Å². The first-order chi connectivity index (χ1) is 9.31. The molecule has 0 saturated carbocycles. The highest BCUT2D eigenvalue weighted by Gasteiger charge is 2.18. The fraction of sp³-hybridized carbons (Fsp3) is 0.429. The van der Waals surface area contributed by atoms with Crippen LogP contribution in [0.5, 0.6) is 0 Å². The lowest BCUT2D eigenvalue weighted by Crippen LogP contribution is -2.34. The molecule has 1 aromatic carbocycles. The lowest BCUT2D eigenvalue weighted by atomic mass is 10.1. The number of carbonyl (C=O) groups excluding carboxylic acids is 1. The number of ether oxygens (including phenoxy) is 1. The van der Waals surface area contributed by atoms with E-state index in [-0.39, 0.29) is 6.04 Å². The van der Waals surface area contributed by atoms with Crippen molar-refractivity contribution >= 4 is 12.3 Å². The number of hydrogen-bond acceptors (Lipinski definition) is 5. The predicted molar refractivity (Wildman–Crippen MR) is 76.7 cm³/mol. The Hall–Kier alpha value is -2.08. The van der Waals surface area contributed by atoms with Gasteiger partial charge < -0.3 is 10.1 Å². The highest BCUT2D eigenvalue weighted by atomic mass is 16.6. The van der Waals surface area contributed by atoms with Gasteiger partial charge in [0.15, 0.2) is 0 Å². The normalized spacial score (nSPS) is 13.1. The summed E-state index contributed by atoms with van der Waals surface area (Å²) in [7, 11) is 0. The Balaban J connectivity index is 2.61. The first kappa shape index (κ1) is 16.0. The molecular weight excluding hydrogens is 258 g/mol. The third-order valence-corrected chi connectivity index (χ3v) is 2.44. The fourth-order valence-corrected chi connectivity index (χ4v) is 1.54. The molecule has 0 aliphatic carbocycles. The van der Waals surface area contributed by atoms with Gasteiger partial charge in [-0.3, -0.25) is 5.21 Å². The highest BCUT2D eigenvalue weighted by Crippen LogP contribution is 2.14. The maximum Gasteiger partial charge on any atom is 0.408 e. The summed E-state index contributed by atoms with van der Waals surface area (Å²) < 4.78 is 5.20. The van der Waals surface area contributed by atoms with E-state index in [1.807, 2.05) is 52.0 Å². The number of hydrazone groups is 1. The molecule has 0 fully saturated rings. The molecule has 3 N–H and O–H groups in total. The molecule has 1 atom stereocenters. The molecule has 0 aliphatic rings. The maximum atomic E-state index is 11.7. The van der Waals surface area contributed by atoms with Crippen molar-refractivity contribution in [3.63, 3.8) is 0 Å². The second-order valence-electron chi connectivity index (χ2n) is 5.39. The van der Waals surface area contributed by atoms with Gasteiger partial charge in [-0.15, -0.1) is 0 Å². The van der Waals surface area contributed by atoms with Crippen molar-refractivity contribution in [3.05, 3.63) is 35.4 Å².